The predicted octanol–water partition coefficient (Wildman–Crippen LogP) is 3.00. The summed E-state index contributed by atoms with van der Waals surface area (Å²) in [4.78, 5) is 0. The summed E-state index contributed by atoms with van der Waals surface area (Å²) in [6.07, 6.45) is 4.27. The average molecular weight is 209 g/mol. The lowest BCUT2D eigenvalue weighted by Crippen LogP contribution is -2.11. The third kappa shape index (κ3) is 3.35. The topological polar surface area (TPSA) is 26.0 Å². The Hall–Kier alpha value is -0.470. The van der Waals surface area contributed by atoms with Crippen LogP contribution in [-0.2, 0) is 6.42 Å². The van der Waals surface area contributed by atoms with Crippen molar-refractivity contribution in [1.82, 2.24) is 0 Å². The van der Waals surface area contributed by atoms with Gasteiger partial charge in [-0.05, 0) is 36.0 Å². The number of aryl methyl sites for hydroxylation is 1. The molecule has 0 aliphatic heterocycles. The van der Waals surface area contributed by atoms with Crippen LogP contribution in [-0.4, -0.2) is 12.0 Å². The van der Waals surface area contributed by atoms with E-state index in [1.807, 2.05) is 11.8 Å². The van der Waals surface area contributed by atoms with Gasteiger partial charge < -0.3 is 5.73 Å². The summed E-state index contributed by atoms with van der Waals surface area (Å²) < 4.78 is 0. The van der Waals surface area contributed by atoms with Crippen LogP contribution in [0.15, 0.2) is 24.3 Å². The molecular weight excluding hydrogens is 190 g/mol. The summed E-state index contributed by atoms with van der Waals surface area (Å²) >= 11 is 1.85. The van der Waals surface area contributed by atoms with Crippen LogP contribution in [0.5, 0.6) is 0 Å². The number of hydrogen-bond donors (Lipinski definition) is 1. The maximum atomic E-state index is 6.09. The van der Waals surface area contributed by atoms with Crippen LogP contribution in [0.4, 0.5) is 0 Å². The van der Waals surface area contributed by atoms with Gasteiger partial charge in [-0.15, -0.1) is 0 Å². The molecule has 0 bridgehead atoms. The fourth-order valence-corrected chi connectivity index (χ4v) is 1.94. The van der Waals surface area contributed by atoms with Gasteiger partial charge in [0.25, 0.3) is 0 Å². The summed E-state index contributed by atoms with van der Waals surface area (Å²) in [5.41, 5.74) is 8.74. The number of benzene rings is 1. The number of hydrogen-bond acceptors (Lipinski definition) is 2. The van der Waals surface area contributed by atoms with Gasteiger partial charge in [-0.25, -0.2) is 0 Å². The molecule has 0 heterocycles. The largest absolute Gasteiger partial charge is 0.324 e. The lowest BCUT2D eigenvalue weighted by molar-refractivity contribution is 0.704. The van der Waals surface area contributed by atoms with Crippen molar-refractivity contribution in [2.75, 3.05) is 12.0 Å². The second-order valence-electron chi connectivity index (χ2n) is 3.49. The van der Waals surface area contributed by atoms with E-state index in [0.717, 1.165) is 18.6 Å². The Bertz CT molecular complexity index is 273. The maximum Gasteiger partial charge on any atom is 0.0302 e. The number of nitrogens with two attached hydrogens (primary N) is 1. The first kappa shape index (κ1) is 11.6. The number of rotatable bonds is 5. The van der Waals surface area contributed by atoms with Crippen molar-refractivity contribution in [2.24, 2.45) is 5.73 Å². The highest BCUT2D eigenvalue weighted by atomic mass is 32.2. The van der Waals surface area contributed by atoms with Gasteiger partial charge >= 0.3 is 0 Å². The van der Waals surface area contributed by atoms with E-state index >= 15 is 0 Å². The SMILES string of the molecule is CCc1cccc(C(N)CCSC)c1. The van der Waals surface area contributed by atoms with E-state index in [4.69, 9.17) is 5.73 Å². The van der Waals surface area contributed by atoms with E-state index in [2.05, 4.69) is 37.4 Å². The molecule has 1 aromatic carbocycles. The van der Waals surface area contributed by atoms with E-state index in [0.29, 0.717) is 0 Å². The molecule has 1 unspecified atom stereocenters. The second kappa shape index (κ2) is 6.10. The molecule has 2 heteroatoms. The van der Waals surface area contributed by atoms with Gasteiger partial charge in [0.05, 0.1) is 0 Å². The molecule has 1 atom stereocenters. The Balaban J connectivity index is 2.64. The molecule has 0 spiro atoms. The third-order valence-corrected chi connectivity index (χ3v) is 3.06. The molecule has 1 nitrogen and oxygen atoms in total. The van der Waals surface area contributed by atoms with E-state index < -0.39 is 0 Å². The minimum atomic E-state index is 0.203. The van der Waals surface area contributed by atoms with E-state index in [1.165, 1.54) is 11.1 Å². The molecular formula is C12H19NS. The molecule has 0 aliphatic rings. The van der Waals surface area contributed by atoms with Crippen molar-refractivity contribution < 1.29 is 0 Å². The van der Waals surface area contributed by atoms with E-state index in [-0.39, 0.29) is 6.04 Å². The molecule has 0 saturated heterocycles. The van der Waals surface area contributed by atoms with Crippen LogP contribution >= 0.6 is 11.8 Å². The summed E-state index contributed by atoms with van der Waals surface area (Å²) in [5.74, 6) is 1.14. The Labute approximate surface area is 91.1 Å². The van der Waals surface area contributed by atoms with Gasteiger partial charge in [-0.1, -0.05) is 31.2 Å². The van der Waals surface area contributed by atoms with E-state index in [9.17, 15) is 0 Å². The molecule has 0 saturated carbocycles. The quantitative estimate of drug-likeness (QED) is 0.806. The highest BCUT2D eigenvalue weighted by Gasteiger charge is 2.05. The molecule has 2 N–H and O–H groups in total. The zero-order chi connectivity index (χ0) is 10.4. The predicted molar refractivity (Wildman–Crippen MR) is 65.7 cm³/mol. The van der Waals surface area contributed by atoms with Crippen LogP contribution in [0.2, 0.25) is 0 Å². The van der Waals surface area contributed by atoms with Crippen molar-refractivity contribution in [3.63, 3.8) is 0 Å². The minimum absolute atomic E-state index is 0.203. The van der Waals surface area contributed by atoms with Gasteiger partial charge in [0, 0.05) is 6.04 Å². The Morgan fingerprint density at radius 3 is 2.86 bits per heavy atom. The van der Waals surface area contributed by atoms with Crippen LogP contribution in [0.3, 0.4) is 0 Å². The second-order valence-corrected chi connectivity index (χ2v) is 4.47. The monoisotopic (exact) mass is 209 g/mol. The fraction of sp³-hybridized carbons (Fsp3) is 0.500. The lowest BCUT2D eigenvalue weighted by Gasteiger charge is -2.12. The highest BCUT2D eigenvalue weighted by Crippen LogP contribution is 2.17. The zero-order valence-electron chi connectivity index (χ0n) is 8.99. The first-order valence-corrected chi connectivity index (χ1v) is 6.50. The zero-order valence-corrected chi connectivity index (χ0v) is 9.81. The Morgan fingerprint density at radius 2 is 2.21 bits per heavy atom. The molecule has 0 aromatic heterocycles. The van der Waals surface area contributed by atoms with Crippen molar-refractivity contribution in [1.29, 1.82) is 0 Å². The van der Waals surface area contributed by atoms with Crippen LogP contribution in [0, 0.1) is 0 Å². The molecule has 1 rings (SSSR count). The van der Waals surface area contributed by atoms with Gasteiger partial charge in [-0.2, -0.15) is 11.8 Å². The maximum absolute atomic E-state index is 6.09. The third-order valence-electron chi connectivity index (χ3n) is 2.42. The lowest BCUT2D eigenvalue weighted by atomic mass is 10.0. The Morgan fingerprint density at radius 1 is 1.43 bits per heavy atom. The molecule has 14 heavy (non-hydrogen) atoms. The van der Waals surface area contributed by atoms with Gasteiger partial charge in [0.2, 0.25) is 0 Å². The fourth-order valence-electron chi connectivity index (χ4n) is 1.46. The smallest absolute Gasteiger partial charge is 0.0302 e. The van der Waals surface area contributed by atoms with Gasteiger partial charge in [0.15, 0.2) is 0 Å². The molecule has 78 valence electrons. The summed E-state index contributed by atoms with van der Waals surface area (Å²) in [7, 11) is 0. The molecule has 0 amide bonds. The van der Waals surface area contributed by atoms with Crippen molar-refractivity contribution in [3.05, 3.63) is 35.4 Å². The number of thioether (sulfide) groups is 1. The molecule has 1 aromatic rings. The standard InChI is InChI=1S/C12H19NS/c1-3-10-5-4-6-11(9-10)12(13)7-8-14-2/h4-6,9,12H,3,7-8,13H2,1-2H3. The van der Waals surface area contributed by atoms with Crippen LogP contribution in [0.25, 0.3) is 0 Å². The average Bonchev–Trinajstić information content (AvgIpc) is 2.26. The van der Waals surface area contributed by atoms with E-state index in [1.54, 1.807) is 0 Å². The first-order valence-electron chi connectivity index (χ1n) is 5.11. The highest BCUT2D eigenvalue weighted by molar-refractivity contribution is 7.98. The van der Waals surface area contributed by atoms with Crippen molar-refractivity contribution in [3.8, 4) is 0 Å². The summed E-state index contributed by atoms with van der Waals surface area (Å²) in [6.45, 7) is 2.17. The van der Waals surface area contributed by atoms with Crippen LogP contribution < -0.4 is 5.73 Å². The van der Waals surface area contributed by atoms with Gasteiger partial charge in [0.1, 0.15) is 0 Å². The summed E-state index contributed by atoms with van der Waals surface area (Å²) in [6, 6.07) is 8.82. The molecule has 0 radical (unpaired) electrons. The first-order chi connectivity index (χ1) is 6.77. The normalized spacial score (nSPS) is 12.8. The Kier molecular flexibility index (Phi) is 5.05. The molecule has 0 fully saturated rings. The van der Waals surface area contributed by atoms with Crippen molar-refractivity contribution >= 4 is 11.8 Å². The minimum Gasteiger partial charge on any atom is -0.324 e. The van der Waals surface area contributed by atoms with Crippen LogP contribution in [0.1, 0.15) is 30.5 Å². The summed E-state index contributed by atoms with van der Waals surface area (Å²) in [5, 5.41) is 0. The van der Waals surface area contributed by atoms with Crippen molar-refractivity contribution in [2.45, 2.75) is 25.8 Å². The van der Waals surface area contributed by atoms with Gasteiger partial charge in [-0.3, -0.25) is 0 Å². The molecule has 0 aliphatic carbocycles.